The summed E-state index contributed by atoms with van der Waals surface area (Å²) in [5.74, 6) is 1.07. The summed E-state index contributed by atoms with van der Waals surface area (Å²) < 4.78 is 10.7. The molecule has 27 heavy (non-hydrogen) atoms. The van der Waals surface area contributed by atoms with Crippen LogP contribution in [0.2, 0.25) is 0 Å². The number of carbonyl (C=O) groups is 1. The lowest BCUT2D eigenvalue weighted by Crippen LogP contribution is -2.30. The van der Waals surface area contributed by atoms with E-state index >= 15 is 0 Å². The van der Waals surface area contributed by atoms with Crippen LogP contribution >= 0.6 is 0 Å². The zero-order chi connectivity index (χ0) is 18.5. The number of amides is 2. The molecule has 1 atom stereocenters. The van der Waals surface area contributed by atoms with Gasteiger partial charge in [0.05, 0.1) is 5.69 Å². The van der Waals surface area contributed by atoms with E-state index in [9.17, 15) is 4.79 Å². The molecule has 1 aromatic carbocycles. The first-order chi connectivity index (χ1) is 13.3. The Labute approximate surface area is 155 Å². The summed E-state index contributed by atoms with van der Waals surface area (Å²) in [6, 6.07) is 9.09. The molecule has 1 saturated heterocycles. The van der Waals surface area contributed by atoms with E-state index in [0.29, 0.717) is 30.4 Å². The van der Waals surface area contributed by atoms with E-state index in [1.54, 1.807) is 6.20 Å². The number of urea groups is 1. The Morgan fingerprint density at radius 3 is 3.11 bits per heavy atom. The van der Waals surface area contributed by atoms with Crippen LogP contribution in [0.4, 0.5) is 10.5 Å². The minimum Gasteiger partial charge on any atom is -0.368 e. The highest BCUT2D eigenvalue weighted by atomic mass is 16.5. The first-order valence-corrected chi connectivity index (χ1v) is 8.87. The molecule has 1 fully saturated rings. The lowest BCUT2D eigenvalue weighted by Gasteiger charge is -2.08. The quantitative estimate of drug-likeness (QED) is 0.616. The average Bonchev–Trinajstić information content (AvgIpc) is 3.43. The maximum atomic E-state index is 12.1. The fourth-order valence-electron chi connectivity index (χ4n) is 2.92. The fraction of sp³-hybridized carbons (Fsp3) is 0.333. The van der Waals surface area contributed by atoms with Crippen molar-refractivity contribution in [3.05, 3.63) is 48.2 Å². The highest BCUT2D eigenvalue weighted by Gasteiger charge is 2.23. The number of ether oxygens (including phenoxy) is 1. The van der Waals surface area contributed by atoms with Crippen molar-refractivity contribution in [1.82, 2.24) is 25.7 Å². The molecule has 3 aromatic rings. The van der Waals surface area contributed by atoms with Crippen molar-refractivity contribution in [2.75, 3.05) is 18.5 Å². The highest BCUT2D eigenvalue weighted by Crippen LogP contribution is 2.26. The van der Waals surface area contributed by atoms with Gasteiger partial charge in [-0.25, -0.2) is 4.79 Å². The molecule has 0 unspecified atom stereocenters. The number of hydrogen-bond donors (Lipinski definition) is 3. The van der Waals surface area contributed by atoms with Gasteiger partial charge in [0.2, 0.25) is 0 Å². The summed E-state index contributed by atoms with van der Waals surface area (Å²) >= 11 is 0. The van der Waals surface area contributed by atoms with Crippen LogP contribution in [0.1, 0.15) is 30.7 Å². The molecule has 0 bridgehead atoms. The highest BCUT2D eigenvalue weighted by molar-refractivity contribution is 5.90. The molecule has 0 aliphatic carbocycles. The van der Waals surface area contributed by atoms with E-state index in [-0.39, 0.29) is 12.1 Å². The Hall–Kier alpha value is -3.20. The molecule has 0 saturated carbocycles. The summed E-state index contributed by atoms with van der Waals surface area (Å²) in [6.45, 7) is 1.13. The number of hydrogen-bond acceptors (Lipinski definition) is 6. The first kappa shape index (κ1) is 17.2. The fourth-order valence-corrected chi connectivity index (χ4v) is 2.92. The van der Waals surface area contributed by atoms with Crippen LogP contribution in [0, 0.1) is 0 Å². The van der Waals surface area contributed by atoms with Gasteiger partial charge in [0.15, 0.2) is 5.82 Å². The third kappa shape index (κ3) is 4.32. The van der Waals surface area contributed by atoms with Crippen LogP contribution in [0.25, 0.3) is 11.3 Å². The molecule has 140 valence electrons. The van der Waals surface area contributed by atoms with E-state index in [2.05, 4.69) is 31.0 Å². The number of carbonyl (C=O) groups excluding carboxylic acids is 1. The molecule has 0 radical (unpaired) electrons. The standard InChI is InChI=1S/C18H20N6O3/c25-18(21-13-4-1-3-12(11-13)14-6-9-20-23-14)19-8-7-16-22-17(27-24-16)15-5-2-10-26-15/h1,3-4,6,9,11,15H,2,5,7-8,10H2,(H,20,23)(H2,19,21,25)/t15-/m0/s1. The van der Waals surface area contributed by atoms with Gasteiger partial charge in [-0.1, -0.05) is 17.3 Å². The zero-order valence-corrected chi connectivity index (χ0v) is 14.6. The Bertz CT molecular complexity index is 886. The van der Waals surface area contributed by atoms with Crippen molar-refractivity contribution in [3.8, 4) is 11.3 Å². The van der Waals surface area contributed by atoms with E-state index in [0.717, 1.165) is 30.7 Å². The van der Waals surface area contributed by atoms with Gasteiger partial charge in [-0.05, 0) is 31.0 Å². The minimum atomic E-state index is -0.292. The lowest BCUT2D eigenvalue weighted by molar-refractivity contribution is 0.0835. The smallest absolute Gasteiger partial charge is 0.319 e. The van der Waals surface area contributed by atoms with Crippen molar-refractivity contribution < 1.29 is 14.1 Å². The minimum absolute atomic E-state index is 0.0929. The topological polar surface area (TPSA) is 118 Å². The number of benzene rings is 1. The molecule has 2 aromatic heterocycles. The normalized spacial score (nSPS) is 16.4. The van der Waals surface area contributed by atoms with Gasteiger partial charge in [0.25, 0.3) is 5.89 Å². The van der Waals surface area contributed by atoms with Crippen LogP contribution in [0.15, 0.2) is 41.1 Å². The van der Waals surface area contributed by atoms with E-state index < -0.39 is 0 Å². The molecule has 0 spiro atoms. The van der Waals surface area contributed by atoms with Crippen LogP contribution in [-0.2, 0) is 11.2 Å². The van der Waals surface area contributed by atoms with Crippen molar-refractivity contribution in [1.29, 1.82) is 0 Å². The van der Waals surface area contributed by atoms with Crippen LogP contribution in [0.3, 0.4) is 0 Å². The molecule has 1 aliphatic heterocycles. The Kier molecular flexibility index (Phi) is 5.10. The largest absolute Gasteiger partial charge is 0.368 e. The van der Waals surface area contributed by atoms with Crippen LogP contribution < -0.4 is 10.6 Å². The van der Waals surface area contributed by atoms with E-state index in [4.69, 9.17) is 9.26 Å². The molecule has 9 heteroatoms. The SMILES string of the molecule is O=C(NCCc1noc([C@@H]2CCCO2)n1)Nc1cccc(-c2ccn[nH]2)c1. The van der Waals surface area contributed by atoms with Crippen LogP contribution in [-0.4, -0.2) is 39.5 Å². The Balaban J connectivity index is 1.26. The maximum Gasteiger partial charge on any atom is 0.319 e. The van der Waals surface area contributed by atoms with Gasteiger partial charge in [0.1, 0.15) is 6.10 Å². The first-order valence-electron chi connectivity index (χ1n) is 8.87. The summed E-state index contributed by atoms with van der Waals surface area (Å²) in [6.07, 6.45) is 3.98. The van der Waals surface area contributed by atoms with Gasteiger partial charge in [-0.3, -0.25) is 5.10 Å². The van der Waals surface area contributed by atoms with Crippen LogP contribution in [0.5, 0.6) is 0 Å². The summed E-state index contributed by atoms with van der Waals surface area (Å²) in [7, 11) is 0. The van der Waals surface area contributed by atoms with Gasteiger partial charge in [-0.15, -0.1) is 0 Å². The molecule has 9 nitrogen and oxygen atoms in total. The maximum absolute atomic E-state index is 12.1. The third-order valence-corrected chi connectivity index (χ3v) is 4.26. The van der Waals surface area contributed by atoms with Gasteiger partial charge in [0, 0.05) is 37.0 Å². The van der Waals surface area contributed by atoms with Crippen molar-refractivity contribution in [2.24, 2.45) is 0 Å². The molecule has 1 aliphatic rings. The molecule has 3 heterocycles. The third-order valence-electron chi connectivity index (χ3n) is 4.26. The zero-order valence-electron chi connectivity index (χ0n) is 14.6. The Morgan fingerprint density at radius 1 is 1.33 bits per heavy atom. The summed E-state index contributed by atoms with van der Waals surface area (Å²) in [4.78, 5) is 16.4. The second-order valence-electron chi connectivity index (χ2n) is 6.23. The monoisotopic (exact) mass is 368 g/mol. The number of aromatic nitrogens is 4. The molecule has 3 N–H and O–H groups in total. The predicted molar refractivity (Wildman–Crippen MR) is 97.0 cm³/mol. The average molecular weight is 368 g/mol. The van der Waals surface area contributed by atoms with Gasteiger partial charge < -0.3 is 19.9 Å². The van der Waals surface area contributed by atoms with Crippen molar-refractivity contribution in [3.63, 3.8) is 0 Å². The van der Waals surface area contributed by atoms with Crippen molar-refractivity contribution >= 4 is 11.7 Å². The van der Waals surface area contributed by atoms with E-state index in [1.165, 1.54) is 0 Å². The van der Waals surface area contributed by atoms with Gasteiger partial charge >= 0.3 is 6.03 Å². The number of H-pyrrole nitrogens is 1. The van der Waals surface area contributed by atoms with E-state index in [1.807, 2.05) is 30.3 Å². The lowest BCUT2D eigenvalue weighted by atomic mass is 10.1. The summed E-state index contributed by atoms with van der Waals surface area (Å²) in [5.41, 5.74) is 2.52. The molecule has 4 rings (SSSR count). The van der Waals surface area contributed by atoms with Gasteiger partial charge in [-0.2, -0.15) is 10.1 Å². The van der Waals surface area contributed by atoms with Crippen molar-refractivity contribution in [2.45, 2.75) is 25.4 Å². The molecular formula is C18H20N6O3. The Morgan fingerprint density at radius 2 is 2.30 bits per heavy atom. The number of nitrogens with zero attached hydrogens (tertiary/aromatic N) is 3. The number of aromatic amines is 1. The molecular weight excluding hydrogens is 348 g/mol. The molecule has 2 amide bonds. The number of rotatable bonds is 6. The summed E-state index contributed by atoms with van der Waals surface area (Å²) in [5, 5.41) is 16.4. The predicted octanol–water partition coefficient (Wildman–Crippen LogP) is 2.68. The second kappa shape index (κ2) is 8.00. The number of nitrogens with one attached hydrogen (secondary N) is 3. The second-order valence-corrected chi connectivity index (χ2v) is 6.23. The number of anilines is 1.